The fourth-order valence-electron chi connectivity index (χ4n) is 2.75. The first-order valence-corrected chi connectivity index (χ1v) is 7.92. The quantitative estimate of drug-likeness (QED) is 0.677. The number of nitrogens with one attached hydrogen (secondary N) is 1. The summed E-state index contributed by atoms with van der Waals surface area (Å²) in [5.74, 6) is 0. The van der Waals surface area contributed by atoms with Gasteiger partial charge in [0.05, 0.1) is 0 Å². The Morgan fingerprint density at radius 3 is 2.26 bits per heavy atom. The Morgan fingerprint density at radius 1 is 1.05 bits per heavy atom. The summed E-state index contributed by atoms with van der Waals surface area (Å²) in [5.41, 5.74) is 3.27. The first-order valence-electron chi connectivity index (χ1n) is 7.92. The molecule has 0 saturated heterocycles. The average Bonchev–Trinajstić information content (AvgIpc) is 2.44. The van der Waals surface area contributed by atoms with Gasteiger partial charge >= 0.3 is 0 Å². The lowest BCUT2D eigenvalue weighted by Gasteiger charge is -2.33. The second-order valence-electron chi connectivity index (χ2n) is 5.90. The zero-order valence-electron chi connectivity index (χ0n) is 13.3. The first kappa shape index (κ1) is 16.2. The zero-order chi connectivity index (χ0) is 14.1. The molecule has 1 unspecified atom stereocenters. The van der Waals surface area contributed by atoms with Gasteiger partial charge < -0.3 is 5.32 Å². The minimum atomic E-state index is 0.432. The van der Waals surface area contributed by atoms with Gasteiger partial charge in [-0.05, 0) is 43.7 Å². The average molecular weight is 261 g/mol. The summed E-state index contributed by atoms with van der Waals surface area (Å²) in [6.07, 6.45) is 6.43. The van der Waals surface area contributed by atoms with Gasteiger partial charge in [0, 0.05) is 6.54 Å². The third-order valence-electron chi connectivity index (χ3n) is 4.26. The first-order chi connectivity index (χ1) is 9.15. The lowest BCUT2D eigenvalue weighted by Crippen LogP contribution is -2.36. The Hall–Kier alpha value is -0.820. The SMILES string of the molecule is CCCCC(CC)(CNCC)Cc1ccc(C)cc1. The van der Waals surface area contributed by atoms with E-state index in [1.54, 1.807) is 0 Å². The van der Waals surface area contributed by atoms with Gasteiger partial charge in [-0.15, -0.1) is 0 Å². The highest BCUT2D eigenvalue weighted by Crippen LogP contribution is 2.32. The van der Waals surface area contributed by atoms with Crippen LogP contribution in [0.1, 0.15) is 57.6 Å². The van der Waals surface area contributed by atoms with Crippen LogP contribution in [0.4, 0.5) is 0 Å². The van der Waals surface area contributed by atoms with Crippen LogP contribution in [0.3, 0.4) is 0 Å². The third-order valence-corrected chi connectivity index (χ3v) is 4.26. The number of aryl methyl sites for hydroxylation is 1. The number of unbranched alkanes of at least 4 members (excludes halogenated alkanes) is 1. The van der Waals surface area contributed by atoms with Gasteiger partial charge in [0.2, 0.25) is 0 Å². The zero-order valence-corrected chi connectivity index (χ0v) is 13.3. The van der Waals surface area contributed by atoms with Crippen molar-refractivity contribution in [3.8, 4) is 0 Å². The molecule has 0 heterocycles. The lowest BCUT2D eigenvalue weighted by atomic mass is 9.75. The second kappa shape index (κ2) is 8.37. The standard InChI is InChI=1S/C18H31N/c1-5-8-13-18(6-2,15-19-7-3)14-17-11-9-16(4)10-12-17/h9-12,19H,5-8,13-15H2,1-4H3. The van der Waals surface area contributed by atoms with Crippen molar-refractivity contribution in [3.05, 3.63) is 35.4 Å². The summed E-state index contributed by atoms with van der Waals surface area (Å²) in [6, 6.07) is 9.08. The second-order valence-corrected chi connectivity index (χ2v) is 5.90. The normalized spacial score (nSPS) is 14.3. The van der Waals surface area contributed by atoms with Crippen molar-refractivity contribution < 1.29 is 0 Å². The molecule has 0 spiro atoms. The van der Waals surface area contributed by atoms with Gasteiger partial charge in [0.15, 0.2) is 0 Å². The van der Waals surface area contributed by atoms with Crippen molar-refractivity contribution in [2.75, 3.05) is 13.1 Å². The van der Waals surface area contributed by atoms with E-state index >= 15 is 0 Å². The van der Waals surface area contributed by atoms with Crippen molar-refractivity contribution in [1.82, 2.24) is 5.32 Å². The Balaban J connectivity index is 2.78. The molecule has 1 aromatic carbocycles. The predicted molar refractivity (Wildman–Crippen MR) is 85.7 cm³/mol. The van der Waals surface area contributed by atoms with Gasteiger partial charge in [-0.2, -0.15) is 0 Å². The topological polar surface area (TPSA) is 12.0 Å². The maximum atomic E-state index is 3.58. The minimum Gasteiger partial charge on any atom is -0.316 e. The Morgan fingerprint density at radius 2 is 1.74 bits per heavy atom. The van der Waals surface area contributed by atoms with Gasteiger partial charge in [0.1, 0.15) is 0 Å². The van der Waals surface area contributed by atoms with E-state index in [0.717, 1.165) is 13.1 Å². The smallest absolute Gasteiger partial charge is 0.00108 e. The summed E-state index contributed by atoms with van der Waals surface area (Å²) in [5, 5.41) is 3.58. The molecule has 0 aliphatic carbocycles. The maximum absolute atomic E-state index is 3.58. The molecule has 1 rings (SSSR count). The molecule has 1 aromatic rings. The monoisotopic (exact) mass is 261 g/mol. The van der Waals surface area contributed by atoms with Gasteiger partial charge in [0.25, 0.3) is 0 Å². The molecule has 0 aliphatic heterocycles. The summed E-state index contributed by atoms with van der Waals surface area (Å²) < 4.78 is 0. The molecule has 0 fully saturated rings. The number of benzene rings is 1. The molecule has 0 aliphatic rings. The van der Waals surface area contributed by atoms with Crippen LogP contribution in [0.5, 0.6) is 0 Å². The summed E-state index contributed by atoms with van der Waals surface area (Å²) in [4.78, 5) is 0. The van der Waals surface area contributed by atoms with Crippen LogP contribution < -0.4 is 5.32 Å². The van der Waals surface area contributed by atoms with E-state index in [-0.39, 0.29) is 0 Å². The number of hydrogen-bond donors (Lipinski definition) is 1. The molecule has 19 heavy (non-hydrogen) atoms. The van der Waals surface area contributed by atoms with Crippen LogP contribution in [0, 0.1) is 12.3 Å². The summed E-state index contributed by atoms with van der Waals surface area (Å²) in [7, 11) is 0. The number of rotatable bonds is 9. The third kappa shape index (κ3) is 5.36. The predicted octanol–water partition coefficient (Wildman–Crippen LogP) is 4.73. The van der Waals surface area contributed by atoms with Crippen molar-refractivity contribution in [2.45, 2.75) is 59.8 Å². The van der Waals surface area contributed by atoms with Crippen LogP contribution in [0.2, 0.25) is 0 Å². The van der Waals surface area contributed by atoms with E-state index in [9.17, 15) is 0 Å². The molecule has 1 N–H and O–H groups in total. The van der Waals surface area contributed by atoms with Gasteiger partial charge in [-0.1, -0.05) is 63.4 Å². The molecule has 1 heteroatoms. The molecular formula is C18H31N. The molecule has 0 saturated carbocycles. The Kier molecular flexibility index (Phi) is 7.15. The summed E-state index contributed by atoms with van der Waals surface area (Å²) in [6.45, 7) is 11.2. The fourth-order valence-corrected chi connectivity index (χ4v) is 2.75. The largest absolute Gasteiger partial charge is 0.316 e. The Bertz CT molecular complexity index is 331. The molecule has 1 atom stereocenters. The molecular weight excluding hydrogens is 230 g/mol. The van der Waals surface area contributed by atoms with Gasteiger partial charge in [-0.3, -0.25) is 0 Å². The van der Waals surface area contributed by atoms with Crippen molar-refractivity contribution in [1.29, 1.82) is 0 Å². The molecule has 0 radical (unpaired) electrons. The van der Waals surface area contributed by atoms with Crippen LogP contribution in [-0.4, -0.2) is 13.1 Å². The highest BCUT2D eigenvalue weighted by molar-refractivity contribution is 5.22. The van der Waals surface area contributed by atoms with Crippen LogP contribution in [0.25, 0.3) is 0 Å². The molecule has 0 bridgehead atoms. The Labute approximate surface area is 119 Å². The molecule has 108 valence electrons. The molecule has 1 nitrogen and oxygen atoms in total. The van der Waals surface area contributed by atoms with Crippen LogP contribution >= 0.6 is 0 Å². The van der Waals surface area contributed by atoms with Crippen molar-refractivity contribution >= 4 is 0 Å². The van der Waals surface area contributed by atoms with E-state index in [0.29, 0.717) is 5.41 Å². The minimum absolute atomic E-state index is 0.432. The highest BCUT2D eigenvalue weighted by Gasteiger charge is 2.27. The van der Waals surface area contributed by atoms with E-state index in [1.807, 2.05) is 0 Å². The van der Waals surface area contributed by atoms with E-state index in [2.05, 4.69) is 57.3 Å². The van der Waals surface area contributed by atoms with Crippen molar-refractivity contribution in [2.24, 2.45) is 5.41 Å². The lowest BCUT2D eigenvalue weighted by molar-refractivity contribution is 0.231. The molecule has 0 amide bonds. The highest BCUT2D eigenvalue weighted by atomic mass is 14.9. The number of hydrogen-bond acceptors (Lipinski definition) is 1. The van der Waals surface area contributed by atoms with Crippen LogP contribution in [-0.2, 0) is 6.42 Å². The van der Waals surface area contributed by atoms with Gasteiger partial charge in [-0.25, -0.2) is 0 Å². The van der Waals surface area contributed by atoms with E-state index in [1.165, 1.54) is 43.2 Å². The fraction of sp³-hybridized carbons (Fsp3) is 0.667. The maximum Gasteiger partial charge on any atom is 0.00108 e. The summed E-state index contributed by atoms with van der Waals surface area (Å²) >= 11 is 0. The molecule has 0 aromatic heterocycles. The van der Waals surface area contributed by atoms with E-state index < -0.39 is 0 Å². The van der Waals surface area contributed by atoms with E-state index in [4.69, 9.17) is 0 Å². The van der Waals surface area contributed by atoms with Crippen LogP contribution in [0.15, 0.2) is 24.3 Å². The van der Waals surface area contributed by atoms with Crippen molar-refractivity contribution in [3.63, 3.8) is 0 Å².